The van der Waals surface area contributed by atoms with E-state index in [1.54, 1.807) is 45.2 Å². The summed E-state index contributed by atoms with van der Waals surface area (Å²) in [6.07, 6.45) is 4.56. The van der Waals surface area contributed by atoms with Gasteiger partial charge in [-0.15, -0.1) is 11.8 Å². The summed E-state index contributed by atoms with van der Waals surface area (Å²) in [5, 5.41) is 13.9. The van der Waals surface area contributed by atoms with Crippen molar-refractivity contribution in [2.24, 2.45) is 17.8 Å². The summed E-state index contributed by atoms with van der Waals surface area (Å²) in [6.45, 7) is 7.21. The predicted octanol–water partition coefficient (Wildman–Crippen LogP) is 4.77. The predicted molar refractivity (Wildman–Crippen MR) is 245 cm³/mol. The van der Waals surface area contributed by atoms with Crippen LogP contribution in [0.2, 0.25) is 5.02 Å². The van der Waals surface area contributed by atoms with Gasteiger partial charge < -0.3 is 43.4 Å². The molecule has 5 aliphatic rings. The van der Waals surface area contributed by atoms with E-state index in [0.717, 1.165) is 43.1 Å². The number of thioether (sulfide) groups is 1. The summed E-state index contributed by atoms with van der Waals surface area (Å²) >= 11 is 8.03. The average molecular weight is 960 g/mol. The van der Waals surface area contributed by atoms with E-state index >= 15 is 0 Å². The molecule has 17 nitrogen and oxygen atoms in total. The van der Waals surface area contributed by atoms with Gasteiger partial charge in [-0.05, 0) is 76.5 Å². The van der Waals surface area contributed by atoms with Gasteiger partial charge in [0.25, 0.3) is 0 Å². The number of halogens is 1. The number of likely N-dealkylation sites (tertiary alicyclic amines) is 1. The van der Waals surface area contributed by atoms with Crippen LogP contribution >= 0.6 is 23.4 Å². The highest BCUT2D eigenvalue weighted by Gasteiger charge is 2.64. The standard InChI is InChI=1S/C47H63ClN4O13S/c1-26-10-9-11-36(62-8)47(60)23-34(63-45(59)49-47)27(2)42-46(4,65-42)37(22-39(55)51(6)32-19-31(18-26)20-33(61-7)41(32)48)64-44(58)28(3)50(5)38(54)16-17-66-35-21-40(56)52(43(35)57)24-29-12-14-30(25-53)15-13-29/h9-11,19-20,25,27-30,34-37,42,60H,12-18,21-24H2,1-8H3,(H,49,59)/b11-9+,26-10+/t27-,28+,29?,30?,34+,35?,36-,37+,42+,46+,47+/m1/s1. The molecule has 1 aromatic rings. The number of esters is 1. The minimum Gasteiger partial charge on any atom is -0.495 e. The molecule has 0 aromatic heterocycles. The lowest BCUT2D eigenvalue weighted by molar-refractivity contribution is -0.162. The Kier molecular flexibility index (Phi) is 16.4. The van der Waals surface area contributed by atoms with Crippen LogP contribution < -0.4 is 15.0 Å². The van der Waals surface area contributed by atoms with Crippen molar-refractivity contribution in [2.45, 2.75) is 133 Å². The van der Waals surface area contributed by atoms with E-state index in [0.29, 0.717) is 24.4 Å². The number of aldehydes is 1. The summed E-state index contributed by atoms with van der Waals surface area (Å²) < 4.78 is 29.4. The normalized spacial score (nSPS) is 33.4. The molecule has 2 N–H and O–H groups in total. The number of nitrogens with zero attached hydrogens (tertiary/aromatic N) is 3. The number of amides is 5. The third kappa shape index (κ3) is 11.3. The van der Waals surface area contributed by atoms with Crippen LogP contribution in [0, 0.1) is 17.8 Å². The Labute approximate surface area is 395 Å². The largest absolute Gasteiger partial charge is 0.495 e. The Morgan fingerprint density at radius 1 is 1.12 bits per heavy atom. The van der Waals surface area contributed by atoms with Crippen molar-refractivity contribution in [3.8, 4) is 5.75 Å². The molecule has 5 amide bonds. The van der Waals surface area contributed by atoms with Gasteiger partial charge in [-0.2, -0.15) is 0 Å². The SMILES string of the molecule is COc1cc2cc(c1Cl)N(C)C(=O)C[C@H](OC(=O)[C@H](C)N(C)C(=O)CCSC1CC(=O)N(CC3CCC(C=O)CC3)C1=O)[C@]1(C)O[C@H]1[C@H](C)[C@@H]1C[C@@](O)(NC(=O)O1)[C@H](OC)/C=C/C=C(\C)C2. The topological polar surface area (TPSA) is 211 Å². The molecular formula is C47H63ClN4O13S. The van der Waals surface area contributed by atoms with Crippen molar-refractivity contribution in [1.82, 2.24) is 15.1 Å². The first kappa shape index (κ1) is 50.9. The number of benzene rings is 1. The van der Waals surface area contributed by atoms with Gasteiger partial charge in [-0.25, -0.2) is 9.59 Å². The molecule has 19 heteroatoms. The van der Waals surface area contributed by atoms with Gasteiger partial charge in [0.1, 0.15) is 47.0 Å². The highest BCUT2D eigenvalue weighted by molar-refractivity contribution is 8.00. The molecule has 4 bridgehead atoms. The quantitative estimate of drug-likeness (QED) is 0.125. The number of fused-ring (bicyclic) bond motifs is 5. The lowest BCUT2D eigenvalue weighted by Gasteiger charge is -2.42. The molecule has 4 aliphatic heterocycles. The second-order valence-electron chi connectivity index (χ2n) is 18.5. The fourth-order valence-corrected chi connectivity index (χ4v) is 10.8. The summed E-state index contributed by atoms with van der Waals surface area (Å²) in [5.74, 6) is -2.03. The summed E-state index contributed by atoms with van der Waals surface area (Å²) in [7, 11) is 5.90. The third-order valence-corrected chi connectivity index (χ3v) is 15.5. The number of likely N-dealkylation sites (N-methyl/N-ethyl adjacent to an activating group) is 1. The Morgan fingerprint density at radius 2 is 1.83 bits per heavy atom. The van der Waals surface area contributed by atoms with Crippen molar-refractivity contribution in [1.29, 1.82) is 0 Å². The maximum Gasteiger partial charge on any atom is 0.409 e. The number of methoxy groups -OCH3 is 2. The number of epoxide rings is 1. The van der Waals surface area contributed by atoms with Crippen LogP contribution in [-0.2, 0) is 54.1 Å². The molecule has 1 unspecified atom stereocenters. The molecule has 0 spiro atoms. The highest BCUT2D eigenvalue weighted by atomic mass is 35.5. The fraction of sp³-hybridized carbons (Fsp3) is 0.638. The fourth-order valence-electron chi connectivity index (χ4n) is 9.42. The van der Waals surface area contributed by atoms with Gasteiger partial charge in [0, 0.05) is 64.6 Å². The van der Waals surface area contributed by atoms with E-state index < -0.39 is 76.8 Å². The van der Waals surface area contributed by atoms with Crippen LogP contribution in [0.4, 0.5) is 10.5 Å². The Bertz CT molecular complexity index is 2110. The van der Waals surface area contributed by atoms with E-state index in [9.17, 15) is 38.7 Å². The average Bonchev–Trinajstić information content (AvgIpc) is 3.91. The number of rotatable bonds is 12. The smallest absolute Gasteiger partial charge is 0.409 e. The second-order valence-corrected chi connectivity index (χ2v) is 20.2. The van der Waals surface area contributed by atoms with E-state index in [1.807, 2.05) is 13.0 Å². The first-order valence-electron chi connectivity index (χ1n) is 22.5. The zero-order valence-electron chi connectivity index (χ0n) is 38.9. The Hall–Kier alpha value is -4.49. The van der Waals surface area contributed by atoms with Crippen molar-refractivity contribution in [3.05, 3.63) is 46.5 Å². The van der Waals surface area contributed by atoms with Crippen molar-refractivity contribution in [3.63, 3.8) is 0 Å². The van der Waals surface area contributed by atoms with Gasteiger partial charge in [-0.3, -0.25) is 29.4 Å². The molecule has 4 heterocycles. The van der Waals surface area contributed by atoms with Crippen LogP contribution in [0.5, 0.6) is 5.75 Å². The van der Waals surface area contributed by atoms with Crippen molar-refractivity contribution < 1.29 is 62.4 Å². The molecule has 0 radical (unpaired) electrons. The minimum absolute atomic E-state index is 0.0285. The number of imide groups is 1. The van der Waals surface area contributed by atoms with Crippen LogP contribution in [0.15, 0.2) is 35.9 Å². The van der Waals surface area contributed by atoms with Gasteiger partial charge >= 0.3 is 12.1 Å². The van der Waals surface area contributed by atoms with Crippen molar-refractivity contribution in [2.75, 3.05) is 45.5 Å². The number of allylic oxidation sites excluding steroid dienone is 3. The molecule has 66 heavy (non-hydrogen) atoms. The highest BCUT2D eigenvalue weighted by Crippen LogP contribution is 2.49. The number of nitrogens with one attached hydrogen (secondary N) is 1. The summed E-state index contributed by atoms with van der Waals surface area (Å²) in [5.41, 5.74) is -1.13. The number of anilines is 1. The lowest BCUT2D eigenvalue weighted by Crippen LogP contribution is -2.63. The number of hydrogen-bond acceptors (Lipinski definition) is 14. The van der Waals surface area contributed by atoms with Gasteiger partial charge in [0.15, 0.2) is 5.72 Å². The number of carbonyl (C=O) groups excluding carboxylic acids is 7. The molecule has 3 saturated heterocycles. The van der Waals surface area contributed by atoms with E-state index in [2.05, 4.69) is 5.32 Å². The molecule has 9 atom stereocenters. The first-order valence-corrected chi connectivity index (χ1v) is 23.9. The van der Waals surface area contributed by atoms with E-state index in [-0.39, 0.29) is 60.1 Å². The summed E-state index contributed by atoms with van der Waals surface area (Å²) in [4.78, 5) is 96.0. The third-order valence-electron chi connectivity index (χ3n) is 13.9. The molecular weight excluding hydrogens is 896 g/mol. The van der Waals surface area contributed by atoms with E-state index in [1.165, 1.54) is 54.7 Å². The van der Waals surface area contributed by atoms with Gasteiger partial charge in [-0.1, -0.05) is 42.3 Å². The number of hydrogen-bond donors (Lipinski definition) is 2. The number of alkyl carbamates (subject to hydrolysis) is 1. The second kappa shape index (κ2) is 21.2. The zero-order valence-corrected chi connectivity index (χ0v) is 40.5. The summed E-state index contributed by atoms with van der Waals surface area (Å²) in [6, 6.07) is 2.43. The minimum atomic E-state index is -1.87. The van der Waals surface area contributed by atoms with Gasteiger partial charge in [0.2, 0.25) is 23.6 Å². The van der Waals surface area contributed by atoms with E-state index in [4.69, 9.17) is 35.3 Å². The Morgan fingerprint density at radius 3 is 2.50 bits per heavy atom. The molecule has 4 fully saturated rings. The van der Waals surface area contributed by atoms with Gasteiger partial charge in [0.05, 0.1) is 30.6 Å². The number of carbonyl (C=O) groups is 7. The molecule has 6 rings (SSSR count). The monoisotopic (exact) mass is 958 g/mol. The van der Waals surface area contributed by atoms with Crippen LogP contribution in [0.1, 0.15) is 84.6 Å². The molecule has 1 saturated carbocycles. The maximum absolute atomic E-state index is 14.3. The first-order chi connectivity index (χ1) is 31.2. The van der Waals surface area contributed by atoms with Crippen LogP contribution in [0.3, 0.4) is 0 Å². The van der Waals surface area contributed by atoms with Crippen molar-refractivity contribution >= 4 is 71.0 Å². The molecule has 1 aliphatic carbocycles. The Balaban J connectivity index is 1.17. The molecule has 362 valence electrons. The molecule has 1 aromatic carbocycles. The number of aliphatic hydroxyl groups is 1. The maximum atomic E-state index is 14.3. The lowest BCUT2D eigenvalue weighted by atomic mass is 9.82. The van der Waals surface area contributed by atoms with Crippen LogP contribution in [-0.4, -0.2) is 145 Å². The zero-order chi connectivity index (χ0) is 48.2. The number of ether oxygens (including phenoxy) is 5. The van der Waals surface area contributed by atoms with Crippen LogP contribution in [0.25, 0.3) is 0 Å².